The van der Waals surface area contributed by atoms with E-state index in [0.29, 0.717) is 22.0 Å². The maximum absolute atomic E-state index is 12.8. The lowest BCUT2D eigenvalue weighted by Gasteiger charge is -2.40. The van der Waals surface area contributed by atoms with Crippen LogP contribution in [0.4, 0.5) is 0 Å². The van der Waals surface area contributed by atoms with Crippen LogP contribution in [-0.4, -0.2) is 10.8 Å². The Hall–Kier alpha value is -1.70. The zero-order valence-corrected chi connectivity index (χ0v) is 14.6. The van der Waals surface area contributed by atoms with Gasteiger partial charge in [0.15, 0.2) is 5.78 Å². The number of thiocarbonyl (C=S) groups is 1. The number of carbonyl (C=O) groups is 1. The summed E-state index contributed by atoms with van der Waals surface area (Å²) in [7, 11) is 0. The van der Waals surface area contributed by atoms with Crippen LogP contribution in [0, 0.1) is 22.7 Å². The quantitative estimate of drug-likeness (QED) is 0.778. The third kappa shape index (κ3) is 2.91. The molecule has 1 heterocycles. The fraction of sp³-hybridized carbons (Fsp3) is 0.389. The van der Waals surface area contributed by atoms with E-state index in [2.05, 4.69) is 25.2 Å². The molecule has 1 aromatic carbocycles. The van der Waals surface area contributed by atoms with Gasteiger partial charge in [-0.05, 0) is 29.5 Å². The highest BCUT2D eigenvalue weighted by atomic mass is 35.5. The van der Waals surface area contributed by atoms with Crippen LogP contribution < -0.4 is 5.32 Å². The average molecular weight is 345 g/mol. The summed E-state index contributed by atoms with van der Waals surface area (Å²) in [4.78, 5) is 13.3. The van der Waals surface area contributed by atoms with Crippen molar-refractivity contribution in [2.75, 3.05) is 0 Å². The lowest BCUT2D eigenvalue weighted by Crippen LogP contribution is -2.44. The predicted molar refractivity (Wildman–Crippen MR) is 94.1 cm³/mol. The van der Waals surface area contributed by atoms with Gasteiger partial charge in [-0.25, -0.2) is 0 Å². The molecule has 2 aliphatic rings. The standard InChI is InChI=1S/C18H17ClN2OS/c1-18(2)7-13-16(14(22)8-18)15(12(9-20)17(23)21-13)10-3-5-11(19)6-4-10/h3-6,12,15H,7-8H2,1-2H3,(H,21,23). The SMILES string of the molecule is CC1(C)CC(=O)C2=C(C1)NC(=S)C(C#N)C2c1ccc(Cl)cc1. The fourth-order valence-corrected chi connectivity index (χ4v) is 3.95. The fourth-order valence-electron chi connectivity index (χ4n) is 3.51. The molecule has 1 aromatic rings. The molecule has 1 aliphatic heterocycles. The van der Waals surface area contributed by atoms with Gasteiger partial charge in [0.2, 0.25) is 0 Å². The summed E-state index contributed by atoms with van der Waals surface area (Å²) in [6.07, 6.45) is 1.25. The largest absolute Gasteiger partial charge is 0.352 e. The van der Waals surface area contributed by atoms with Gasteiger partial charge in [-0.3, -0.25) is 4.79 Å². The molecule has 1 aliphatic carbocycles. The lowest BCUT2D eigenvalue weighted by atomic mass is 9.67. The average Bonchev–Trinajstić information content (AvgIpc) is 2.45. The molecule has 0 saturated carbocycles. The first-order valence-corrected chi connectivity index (χ1v) is 8.33. The molecule has 0 amide bonds. The summed E-state index contributed by atoms with van der Waals surface area (Å²) >= 11 is 11.4. The molecule has 0 fully saturated rings. The van der Waals surface area contributed by atoms with Crippen molar-refractivity contribution < 1.29 is 4.79 Å². The number of allylic oxidation sites excluding steroid dienone is 2. The first-order valence-electron chi connectivity index (χ1n) is 7.54. The number of halogens is 1. The van der Waals surface area contributed by atoms with Crippen LogP contribution in [-0.2, 0) is 4.79 Å². The highest BCUT2D eigenvalue weighted by molar-refractivity contribution is 7.80. The summed E-state index contributed by atoms with van der Waals surface area (Å²) in [6.45, 7) is 4.15. The van der Waals surface area contributed by atoms with Crippen molar-refractivity contribution in [1.82, 2.24) is 5.32 Å². The van der Waals surface area contributed by atoms with Crippen LogP contribution >= 0.6 is 23.8 Å². The number of rotatable bonds is 1. The summed E-state index contributed by atoms with van der Waals surface area (Å²) < 4.78 is 0. The highest BCUT2D eigenvalue weighted by Crippen LogP contribution is 2.46. The van der Waals surface area contributed by atoms with Crippen molar-refractivity contribution in [2.45, 2.75) is 32.6 Å². The number of Topliss-reactive ketones (excluding diaryl/α,β-unsaturated/α-hetero) is 1. The van der Waals surface area contributed by atoms with E-state index in [4.69, 9.17) is 23.8 Å². The van der Waals surface area contributed by atoms with E-state index in [-0.39, 0.29) is 17.1 Å². The Kier molecular flexibility index (Phi) is 4.03. The van der Waals surface area contributed by atoms with Gasteiger partial charge in [-0.1, -0.05) is 49.8 Å². The number of benzene rings is 1. The molecule has 1 N–H and O–H groups in total. The Morgan fingerprint density at radius 2 is 1.96 bits per heavy atom. The molecule has 0 saturated heterocycles. The van der Waals surface area contributed by atoms with Crippen molar-refractivity contribution in [3.8, 4) is 6.07 Å². The van der Waals surface area contributed by atoms with E-state index in [0.717, 1.165) is 17.7 Å². The third-order valence-corrected chi connectivity index (χ3v) is 5.10. The van der Waals surface area contributed by atoms with Gasteiger partial charge in [0, 0.05) is 28.6 Å². The smallest absolute Gasteiger partial charge is 0.161 e. The summed E-state index contributed by atoms with van der Waals surface area (Å²) in [5.74, 6) is -0.744. The molecule has 2 atom stereocenters. The molecule has 2 unspecified atom stereocenters. The summed E-state index contributed by atoms with van der Waals surface area (Å²) in [6, 6.07) is 9.60. The van der Waals surface area contributed by atoms with Crippen LogP contribution in [0.25, 0.3) is 0 Å². The first kappa shape index (κ1) is 16.2. The van der Waals surface area contributed by atoms with Crippen LogP contribution in [0.15, 0.2) is 35.5 Å². The van der Waals surface area contributed by atoms with Gasteiger partial charge >= 0.3 is 0 Å². The minimum Gasteiger partial charge on any atom is -0.352 e. The first-order chi connectivity index (χ1) is 10.8. The molecule has 118 valence electrons. The molecule has 5 heteroatoms. The molecular formula is C18H17ClN2OS. The van der Waals surface area contributed by atoms with Gasteiger partial charge in [0.25, 0.3) is 0 Å². The van der Waals surface area contributed by atoms with Crippen LogP contribution in [0.5, 0.6) is 0 Å². The van der Waals surface area contributed by atoms with Gasteiger partial charge < -0.3 is 5.32 Å². The number of hydrogen-bond donors (Lipinski definition) is 1. The van der Waals surface area contributed by atoms with Crippen molar-refractivity contribution in [2.24, 2.45) is 11.3 Å². The van der Waals surface area contributed by atoms with Gasteiger partial charge in [-0.15, -0.1) is 0 Å². The van der Waals surface area contributed by atoms with Crippen molar-refractivity contribution in [1.29, 1.82) is 5.26 Å². The second-order valence-corrected chi connectivity index (χ2v) is 7.83. The van der Waals surface area contributed by atoms with Crippen molar-refractivity contribution in [3.63, 3.8) is 0 Å². The Labute approximate surface area is 146 Å². The number of carbonyl (C=O) groups excluding carboxylic acids is 1. The molecule has 3 nitrogen and oxygen atoms in total. The Morgan fingerprint density at radius 3 is 2.57 bits per heavy atom. The van der Waals surface area contributed by atoms with Crippen LogP contribution in [0.1, 0.15) is 38.2 Å². The predicted octanol–water partition coefficient (Wildman–Crippen LogP) is 4.14. The monoisotopic (exact) mass is 344 g/mol. The zero-order valence-electron chi connectivity index (χ0n) is 13.0. The van der Waals surface area contributed by atoms with E-state index in [1.165, 1.54) is 0 Å². The van der Waals surface area contributed by atoms with E-state index < -0.39 is 5.92 Å². The summed E-state index contributed by atoms with van der Waals surface area (Å²) in [5, 5.41) is 13.4. The maximum atomic E-state index is 12.8. The maximum Gasteiger partial charge on any atom is 0.161 e. The molecule has 0 radical (unpaired) electrons. The van der Waals surface area contributed by atoms with E-state index in [1.54, 1.807) is 12.1 Å². The topological polar surface area (TPSA) is 52.9 Å². The van der Waals surface area contributed by atoms with E-state index in [9.17, 15) is 10.1 Å². The second kappa shape index (κ2) is 5.74. The number of nitrogens with one attached hydrogen (secondary N) is 1. The van der Waals surface area contributed by atoms with Gasteiger partial charge in [0.05, 0.1) is 11.1 Å². The molecule has 0 bridgehead atoms. The van der Waals surface area contributed by atoms with Crippen molar-refractivity contribution in [3.05, 3.63) is 46.1 Å². The Balaban J connectivity index is 2.16. The number of hydrogen-bond acceptors (Lipinski definition) is 3. The molecular weight excluding hydrogens is 328 g/mol. The minimum atomic E-state index is -0.532. The van der Waals surface area contributed by atoms with Crippen LogP contribution in [0.2, 0.25) is 5.02 Å². The van der Waals surface area contributed by atoms with Gasteiger partial charge in [-0.2, -0.15) is 5.26 Å². The number of ketones is 1. The normalized spacial score (nSPS) is 26.3. The summed E-state index contributed by atoms with van der Waals surface area (Å²) in [5.41, 5.74) is 2.41. The molecule has 23 heavy (non-hydrogen) atoms. The molecule has 3 rings (SSSR count). The Morgan fingerprint density at radius 1 is 1.30 bits per heavy atom. The lowest BCUT2D eigenvalue weighted by molar-refractivity contribution is -0.118. The molecule has 0 spiro atoms. The van der Waals surface area contributed by atoms with E-state index >= 15 is 0 Å². The minimum absolute atomic E-state index is 0.0947. The Bertz CT molecular complexity index is 758. The number of nitrogens with zero attached hydrogens (tertiary/aromatic N) is 1. The second-order valence-electron chi connectivity index (χ2n) is 6.96. The number of nitriles is 1. The highest BCUT2D eigenvalue weighted by Gasteiger charge is 2.44. The third-order valence-electron chi connectivity index (χ3n) is 4.49. The van der Waals surface area contributed by atoms with E-state index in [1.807, 2.05) is 12.1 Å². The van der Waals surface area contributed by atoms with Crippen LogP contribution in [0.3, 0.4) is 0 Å². The zero-order chi connectivity index (χ0) is 16.8. The molecule has 0 aromatic heterocycles. The van der Waals surface area contributed by atoms with Gasteiger partial charge in [0.1, 0.15) is 5.92 Å². The van der Waals surface area contributed by atoms with Crippen molar-refractivity contribution >= 4 is 34.6 Å².